The third-order valence-corrected chi connectivity index (χ3v) is 3.59. The third-order valence-electron chi connectivity index (χ3n) is 1.97. The lowest BCUT2D eigenvalue weighted by Gasteiger charge is -2.07. The van der Waals surface area contributed by atoms with Crippen LogP contribution in [0.15, 0.2) is 20.9 Å². The number of thiophene rings is 1. The first kappa shape index (κ1) is 9.98. The maximum atomic E-state index is 4.33. The minimum Gasteiger partial charge on any atom is -0.352 e. The van der Waals surface area contributed by atoms with Crippen LogP contribution in [0, 0.1) is 0 Å². The predicted molar refractivity (Wildman–Crippen MR) is 63.8 cm³/mol. The molecule has 5 heteroatoms. The van der Waals surface area contributed by atoms with Crippen molar-refractivity contribution in [3.05, 3.63) is 20.8 Å². The molecule has 0 radical (unpaired) electrons. The molecule has 0 spiro atoms. The molecule has 0 saturated carbocycles. The standard InChI is InChI=1S/C9H12BrN3S/c1-6-4-11-9(13-6)12-5-7-2-3-8(10)14-7/h2-3,6H,4-5H2,1H3,(H2,11,12,13). The van der Waals surface area contributed by atoms with Crippen LogP contribution in [0.4, 0.5) is 0 Å². The Hall–Kier alpha value is -0.550. The number of rotatable bonds is 2. The fourth-order valence-electron chi connectivity index (χ4n) is 1.28. The second kappa shape index (κ2) is 4.31. The van der Waals surface area contributed by atoms with Crippen LogP contribution in [0.25, 0.3) is 0 Å². The van der Waals surface area contributed by atoms with Crippen LogP contribution in [0.5, 0.6) is 0 Å². The Morgan fingerprint density at radius 3 is 3.14 bits per heavy atom. The largest absolute Gasteiger partial charge is 0.352 e. The van der Waals surface area contributed by atoms with Gasteiger partial charge in [-0.25, -0.2) is 0 Å². The molecule has 0 bridgehead atoms. The van der Waals surface area contributed by atoms with Gasteiger partial charge in [0.25, 0.3) is 0 Å². The van der Waals surface area contributed by atoms with Crippen molar-refractivity contribution in [2.45, 2.75) is 19.5 Å². The zero-order valence-electron chi connectivity index (χ0n) is 7.88. The number of aliphatic imine (C=N–C) groups is 1. The Morgan fingerprint density at radius 1 is 1.71 bits per heavy atom. The summed E-state index contributed by atoms with van der Waals surface area (Å²) in [6.45, 7) is 3.84. The van der Waals surface area contributed by atoms with E-state index in [-0.39, 0.29) is 0 Å². The van der Waals surface area contributed by atoms with Crippen LogP contribution in [0.2, 0.25) is 0 Å². The fourth-order valence-corrected chi connectivity index (χ4v) is 2.70. The van der Waals surface area contributed by atoms with E-state index in [2.05, 4.69) is 50.6 Å². The van der Waals surface area contributed by atoms with Gasteiger partial charge in [0.15, 0.2) is 5.96 Å². The lowest BCUT2D eigenvalue weighted by Crippen LogP contribution is -2.36. The van der Waals surface area contributed by atoms with Crippen LogP contribution in [-0.4, -0.2) is 18.5 Å². The summed E-state index contributed by atoms with van der Waals surface area (Å²) in [6.07, 6.45) is 0. The summed E-state index contributed by atoms with van der Waals surface area (Å²) in [7, 11) is 0. The highest BCUT2D eigenvalue weighted by atomic mass is 79.9. The van der Waals surface area contributed by atoms with Crippen molar-refractivity contribution in [3.8, 4) is 0 Å². The van der Waals surface area contributed by atoms with Crippen LogP contribution in [-0.2, 0) is 6.54 Å². The third kappa shape index (κ3) is 2.48. The van der Waals surface area contributed by atoms with Gasteiger partial charge in [0.1, 0.15) is 0 Å². The summed E-state index contributed by atoms with van der Waals surface area (Å²) < 4.78 is 1.17. The van der Waals surface area contributed by atoms with E-state index in [1.165, 1.54) is 8.66 Å². The topological polar surface area (TPSA) is 36.4 Å². The summed E-state index contributed by atoms with van der Waals surface area (Å²) in [6, 6.07) is 4.64. The van der Waals surface area contributed by atoms with E-state index in [1.54, 1.807) is 11.3 Å². The highest BCUT2D eigenvalue weighted by Gasteiger charge is 2.11. The maximum absolute atomic E-state index is 4.33. The summed E-state index contributed by atoms with van der Waals surface area (Å²) >= 11 is 5.18. The van der Waals surface area contributed by atoms with Crippen molar-refractivity contribution >= 4 is 33.2 Å². The van der Waals surface area contributed by atoms with Gasteiger partial charge in [-0.15, -0.1) is 11.3 Å². The quantitative estimate of drug-likeness (QED) is 0.864. The highest BCUT2D eigenvalue weighted by molar-refractivity contribution is 9.11. The molecule has 14 heavy (non-hydrogen) atoms. The number of hydrogen-bond donors (Lipinski definition) is 2. The fraction of sp³-hybridized carbons (Fsp3) is 0.444. The summed E-state index contributed by atoms with van der Waals surface area (Å²) in [5.41, 5.74) is 0. The van der Waals surface area contributed by atoms with Gasteiger partial charge in [0, 0.05) is 10.9 Å². The van der Waals surface area contributed by atoms with Crippen molar-refractivity contribution in [1.82, 2.24) is 10.6 Å². The summed E-state index contributed by atoms with van der Waals surface area (Å²) in [5.74, 6) is 0.919. The van der Waals surface area contributed by atoms with E-state index in [1.807, 2.05) is 0 Å². The lowest BCUT2D eigenvalue weighted by atomic mass is 10.4. The van der Waals surface area contributed by atoms with E-state index < -0.39 is 0 Å². The van der Waals surface area contributed by atoms with Crippen molar-refractivity contribution in [2.24, 2.45) is 4.99 Å². The first-order valence-corrected chi connectivity index (χ1v) is 6.14. The molecule has 1 atom stereocenters. The molecule has 1 unspecified atom stereocenters. The van der Waals surface area contributed by atoms with E-state index in [4.69, 9.17) is 0 Å². The van der Waals surface area contributed by atoms with Crippen LogP contribution < -0.4 is 10.6 Å². The molecule has 1 aromatic rings. The molecule has 76 valence electrons. The Balaban J connectivity index is 1.83. The summed E-state index contributed by atoms with van der Waals surface area (Å²) in [5, 5.41) is 6.53. The molecular weight excluding hydrogens is 262 g/mol. The Bertz CT molecular complexity index is 348. The van der Waals surface area contributed by atoms with Crippen molar-refractivity contribution in [1.29, 1.82) is 0 Å². The average molecular weight is 274 g/mol. The Kier molecular flexibility index (Phi) is 3.08. The zero-order chi connectivity index (χ0) is 9.97. The van der Waals surface area contributed by atoms with Crippen molar-refractivity contribution in [2.75, 3.05) is 6.54 Å². The zero-order valence-corrected chi connectivity index (χ0v) is 10.3. The molecule has 3 nitrogen and oxygen atoms in total. The lowest BCUT2D eigenvalue weighted by molar-refractivity contribution is 0.714. The van der Waals surface area contributed by atoms with E-state index in [0.29, 0.717) is 6.04 Å². The first-order valence-electron chi connectivity index (χ1n) is 4.53. The van der Waals surface area contributed by atoms with Gasteiger partial charge in [-0.05, 0) is 35.0 Å². The molecule has 2 N–H and O–H groups in total. The number of guanidine groups is 1. The van der Waals surface area contributed by atoms with Crippen LogP contribution in [0.3, 0.4) is 0 Å². The van der Waals surface area contributed by atoms with E-state index in [0.717, 1.165) is 19.0 Å². The van der Waals surface area contributed by atoms with Gasteiger partial charge in [-0.1, -0.05) is 0 Å². The van der Waals surface area contributed by atoms with E-state index in [9.17, 15) is 0 Å². The second-order valence-electron chi connectivity index (χ2n) is 3.29. The molecule has 0 fully saturated rings. The smallest absolute Gasteiger partial charge is 0.191 e. The molecule has 1 aromatic heterocycles. The van der Waals surface area contributed by atoms with Gasteiger partial charge < -0.3 is 10.6 Å². The van der Waals surface area contributed by atoms with Gasteiger partial charge in [-0.3, -0.25) is 4.99 Å². The normalized spacial score (nSPS) is 20.4. The van der Waals surface area contributed by atoms with E-state index >= 15 is 0 Å². The average Bonchev–Trinajstić information content (AvgIpc) is 2.72. The molecule has 1 aliphatic rings. The molecule has 0 saturated heterocycles. The highest BCUT2D eigenvalue weighted by Crippen LogP contribution is 2.21. The number of halogens is 1. The predicted octanol–water partition coefficient (Wildman–Crippen LogP) is 1.95. The molecule has 2 heterocycles. The molecule has 1 aliphatic heterocycles. The summed E-state index contributed by atoms with van der Waals surface area (Å²) in [4.78, 5) is 5.63. The minimum atomic E-state index is 0.465. The molecular formula is C9H12BrN3S. The Labute approximate surface area is 95.8 Å². The van der Waals surface area contributed by atoms with Crippen molar-refractivity contribution in [3.63, 3.8) is 0 Å². The van der Waals surface area contributed by atoms with Gasteiger partial charge in [-0.2, -0.15) is 0 Å². The van der Waals surface area contributed by atoms with Crippen LogP contribution >= 0.6 is 27.3 Å². The molecule has 0 aliphatic carbocycles. The molecule has 0 amide bonds. The second-order valence-corrected chi connectivity index (χ2v) is 5.84. The number of nitrogens with zero attached hydrogens (tertiary/aromatic N) is 1. The van der Waals surface area contributed by atoms with Gasteiger partial charge >= 0.3 is 0 Å². The van der Waals surface area contributed by atoms with Gasteiger partial charge in [0.05, 0.1) is 16.9 Å². The SMILES string of the molecule is CC1CN=C(NCc2ccc(Br)s2)N1. The number of hydrogen-bond acceptors (Lipinski definition) is 4. The minimum absolute atomic E-state index is 0.465. The van der Waals surface area contributed by atoms with Crippen molar-refractivity contribution < 1.29 is 0 Å². The first-order chi connectivity index (χ1) is 6.74. The number of nitrogens with one attached hydrogen (secondary N) is 2. The Morgan fingerprint density at radius 2 is 2.57 bits per heavy atom. The monoisotopic (exact) mass is 273 g/mol. The molecule has 0 aromatic carbocycles. The maximum Gasteiger partial charge on any atom is 0.191 e. The van der Waals surface area contributed by atoms with Crippen LogP contribution in [0.1, 0.15) is 11.8 Å². The molecule has 2 rings (SSSR count). The van der Waals surface area contributed by atoms with Gasteiger partial charge in [0.2, 0.25) is 0 Å².